The van der Waals surface area contributed by atoms with Crippen LogP contribution in [0.25, 0.3) is 10.1 Å². The molecule has 3 rings (SSSR count). The van der Waals surface area contributed by atoms with Crippen LogP contribution >= 0.6 is 11.3 Å². The van der Waals surface area contributed by atoms with Gasteiger partial charge in [-0.3, -0.25) is 9.48 Å². The van der Waals surface area contributed by atoms with Crippen LogP contribution in [-0.2, 0) is 13.6 Å². The Morgan fingerprint density at radius 2 is 2.25 bits per heavy atom. The molecule has 102 valence electrons. The lowest BCUT2D eigenvalue weighted by molar-refractivity contribution is 0.0954. The van der Waals surface area contributed by atoms with Crippen molar-refractivity contribution < 1.29 is 4.79 Å². The number of carbonyl (C=O) groups excluding carboxylic acids is 1. The maximum atomic E-state index is 12.1. The molecule has 0 radical (unpaired) electrons. The van der Waals surface area contributed by atoms with E-state index in [0.717, 1.165) is 15.8 Å². The van der Waals surface area contributed by atoms with Crippen molar-refractivity contribution in [2.24, 2.45) is 7.05 Å². The van der Waals surface area contributed by atoms with E-state index in [1.165, 1.54) is 11.3 Å². The predicted octanol–water partition coefficient (Wildman–Crippen LogP) is 2.15. The minimum atomic E-state index is -0.0876. The number of amides is 1. The topological polar surface area (TPSA) is 72.9 Å². The van der Waals surface area contributed by atoms with E-state index >= 15 is 0 Å². The number of hydrogen-bond acceptors (Lipinski definition) is 4. The molecule has 2 heterocycles. The first-order valence-corrected chi connectivity index (χ1v) is 6.99. The summed E-state index contributed by atoms with van der Waals surface area (Å²) >= 11 is 1.46. The summed E-state index contributed by atoms with van der Waals surface area (Å²) in [4.78, 5) is 12.8. The van der Waals surface area contributed by atoms with E-state index in [1.807, 2.05) is 43.6 Å². The summed E-state index contributed by atoms with van der Waals surface area (Å²) in [6.07, 6.45) is 1.85. The molecule has 0 aliphatic carbocycles. The average molecular weight is 286 g/mol. The zero-order chi connectivity index (χ0) is 14.1. The molecule has 0 bridgehead atoms. The van der Waals surface area contributed by atoms with Gasteiger partial charge in [0.05, 0.1) is 17.1 Å². The van der Waals surface area contributed by atoms with Crippen molar-refractivity contribution in [2.75, 3.05) is 5.73 Å². The van der Waals surface area contributed by atoms with Crippen molar-refractivity contribution in [3.8, 4) is 0 Å². The standard InChI is InChI=1S/C14H14N4OS/c1-18-5-4-11(17-18)8-16-14(19)13-7-9-6-10(15)2-3-12(9)20-13/h2-7H,8,15H2,1H3,(H,16,19). The predicted molar refractivity (Wildman–Crippen MR) is 80.6 cm³/mol. The molecule has 0 atom stereocenters. The Balaban J connectivity index is 1.75. The number of aryl methyl sites for hydroxylation is 1. The molecule has 2 aromatic heterocycles. The third-order valence-corrected chi connectivity index (χ3v) is 4.08. The molecule has 0 aliphatic heterocycles. The molecule has 1 aromatic carbocycles. The Bertz CT molecular complexity index is 774. The molecule has 0 aliphatic rings. The third kappa shape index (κ3) is 2.50. The van der Waals surface area contributed by atoms with Crippen LogP contribution in [0.2, 0.25) is 0 Å². The number of hydrogen-bond donors (Lipinski definition) is 2. The Hall–Kier alpha value is -2.34. The lowest BCUT2D eigenvalue weighted by atomic mass is 10.2. The minimum Gasteiger partial charge on any atom is -0.399 e. The largest absolute Gasteiger partial charge is 0.399 e. The van der Waals surface area contributed by atoms with Gasteiger partial charge in [0.1, 0.15) is 0 Å². The van der Waals surface area contributed by atoms with Crippen molar-refractivity contribution in [3.63, 3.8) is 0 Å². The average Bonchev–Trinajstić information content (AvgIpc) is 3.01. The molecule has 5 nitrogen and oxygen atoms in total. The van der Waals surface area contributed by atoms with Crippen LogP contribution in [0.1, 0.15) is 15.4 Å². The van der Waals surface area contributed by atoms with Gasteiger partial charge < -0.3 is 11.1 Å². The Morgan fingerprint density at radius 3 is 3.00 bits per heavy atom. The molecule has 6 heteroatoms. The van der Waals surface area contributed by atoms with Crippen LogP contribution in [0.15, 0.2) is 36.5 Å². The SMILES string of the molecule is Cn1ccc(CNC(=O)c2cc3cc(N)ccc3s2)n1. The molecule has 3 aromatic rings. The molecule has 0 spiro atoms. The summed E-state index contributed by atoms with van der Waals surface area (Å²) in [7, 11) is 1.85. The summed E-state index contributed by atoms with van der Waals surface area (Å²) in [6.45, 7) is 0.427. The lowest BCUT2D eigenvalue weighted by Gasteiger charge is -2.00. The van der Waals surface area contributed by atoms with Crippen molar-refractivity contribution in [1.29, 1.82) is 0 Å². The zero-order valence-corrected chi connectivity index (χ0v) is 11.8. The Morgan fingerprint density at radius 1 is 1.40 bits per heavy atom. The molecule has 0 unspecified atom stereocenters. The first-order valence-electron chi connectivity index (χ1n) is 6.17. The van der Waals surface area contributed by atoms with E-state index in [0.29, 0.717) is 17.1 Å². The number of fused-ring (bicyclic) bond motifs is 1. The van der Waals surface area contributed by atoms with Crippen LogP contribution in [-0.4, -0.2) is 15.7 Å². The highest BCUT2D eigenvalue weighted by Crippen LogP contribution is 2.27. The molecule has 20 heavy (non-hydrogen) atoms. The molecular formula is C14H14N4OS. The zero-order valence-electron chi connectivity index (χ0n) is 11.0. The van der Waals surface area contributed by atoms with Gasteiger partial charge in [-0.05, 0) is 35.7 Å². The number of benzene rings is 1. The van der Waals surface area contributed by atoms with E-state index < -0.39 is 0 Å². The second kappa shape index (κ2) is 4.97. The fraction of sp³-hybridized carbons (Fsp3) is 0.143. The molecule has 3 N–H and O–H groups in total. The normalized spacial score (nSPS) is 10.8. The molecule has 0 saturated heterocycles. The maximum Gasteiger partial charge on any atom is 0.261 e. The van der Waals surface area contributed by atoms with E-state index in [-0.39, 0.29) is 5.91 Å². The summed E-state index contributed by atoms with van der Waals surface area (Å²) in [6, 6.07) is 9.40. The minimum absolute atomic E-state index is 0.0876. The quantitative estimate of drug-likeness (QED) is 0.725. The monoisotopic (exact) mass is 286 g/mol. The highest BCUT2D eigenvalue weighted by atomic mass is 32.1. The van der Waals surface area contributed by atoms with Crippen LogP contribution in [0.5, 0.6) is 0 Å². The number of nitrogens with one attached hydrogen (secondary N) is 1. The van der Waals surface area contributed by atoms with Crippen LogP contribution in [0.4, 0.5) is 5.69 Å². The summed E-state index contributed by atoms with van der Waals surface area (Å²) in [5.41, 5.74) is 7.28. The smallest absolute Gasteiger partial charge is 0.261 e. The molecule has 0 saturated carbocycles. The first kappa shape index (κ1) is 12.7. The highest BCUT2D eigenvalue weighted by molar-refractivity contribution is 7.20. The van der Waals surface area contributed by atoms with E-state index in [9.17, 15) is 4.79 Å². The number of nitrogen functional groups attached to an aromatic ring is 1. The van der Waals surface area contributed by atoms with Gasteiger partial charge in [-0.2, -0.15) is 5.10 Å². The van der Waals surface area contributed by atoms with Gasteiger partial charge in [0, 0.05) is 23.6 Å². The Kier molecular flexibility index (Phi) is 3.15. The fourth-order valence-electron chi connectivity index (χ4n) is 1.99. The number of nitrogens with two attached hydrogens (primary N) is 1. The van der Waals surface area contributed by atoms with Crippen molar-refractivity contribution in [3.05, 3.63) is 47.1 Å². The highest BCUT2D eigenvalue weighted by Gasteiger charge is 2.10. The van der Waals surface area contributed by atoms with E-state index in [1.54, 1.807) is 4.68 Å². The summed E-state index contributed by atoms with van der Waals surface area (Å²) in [5, 5.41) is 8.09. The molecule has 0 fully saturated rings. The van der Waals surface area contributed by atoms with E-state index in [4.69, 9.17) is 5.73 Å². The number of carbonyl (C=O) groups is 1. The van der Waals surface area contributed by atoms with Gasteiger partial charge in [-0.25, -0.2) is 0 Å². The summed E-state index contributed by atoms with van der Waals surface area (Å²) in [5.74, 6) is -0.0876. The van der Waals surface area contributed by atoms with Gasteiger partial charge in [0.25, 0.3) is 5.91 Å². The number of aromatic nitrogens is 2. The maximum absolute atomic E-state index is 12.1. The van der Waals surface area contributed by atoms with Gasteiger partial charge >= 0.3 is 0 Å². The number of rotatable bonds is 3. The number of anilines is 1. The van der Waals surface area contributed by atoms with Crippen molar-refractivity contribution >= 4 is 33.0 Å². The van der Waals surface area contributed by atoms with Gasteiger partial charge in [0.15, 0.2) is 0 Å². The number of thiophene rings is 1. The van der Waals surface area contributed by atoms with Crippen molar-refractivity contribution in [1.82, 2.24) is 15.1 Å². The second-order valence-corrected chi connectivity index (χ2v) is 5.66. The Labute approximate surface area is 120 Å². The first-order chi connectivity index (χ1) is 9.61. The van der Waals surface area contributed by atoms with Crippen molar-refractivity contribution in [2.45, 2.75) is 6.54 Å². The summed E-state index contributed by atoms with van der Waals surface area (Å²) < 4.78 is 2.77. The molecular weight excluding hydrogens is 272 g/mol. The van der Waals surface area contributed by atoms with E-state index in [2.05, 4.69) is 10.4 Å². The van der Waals surface area contributed by atoms with Crippen LogP contribution in [0.3, 0.4) is 0 Å². The van der Waals surface area contributed by atoms with Gasteiger partial charge in [0.2, 0.25) is 0 Å². The lowest BCUT2D eigenvalue weighted by Crippen LogP contribution is -2.22. The van der Waals surface area contributed by atoms with Gasteiger partial charge in [-0.1, -0.05) is 0 Å². The number of nitrogens with zero attached hydrogens (tertiary/aromatic N) is 2. The van der Waals surface area contributed by atoms with Crippen LogP contribution in [0, 0.1) is 0 Å². The second-order valence-electron chi connectivity index (χ2n) is 4.57. The molecule has 1 amide bonds. The van der Waals surface area contributed by atoms with Crippen LogP contribution < -0.4 is 11.1 Å². The fourth-order valence-corrected chi connectivity index (χ4v) is 2.95. The third-order valence-electron chi connectivity index (χ3n) is 2.96. The van der Waals surface area contributed by atoms with Gasteiger partial charge in [-0.15, -0.1) is 11.3 Å².